The van der Waals surface area contributed by atoms with Gasteiger partial charge in [0.05, 0.1) is 18.1 Å². The molecule has 0 saturated heterocycles. The van der Waals surface area contributed by atoms with Crippen LogP contribution in [0.25, 0.3) is 0 Å². The highest BCUT2D eigenvalue weighted by atomic mass is 15.2. The number of hydrogen-bond donors (Lipinski definition) is 1. The van der Waals surface area contributed by atoms with Crippen molar-refractivity contribution in [1.29, 1.82) is 0 Å². The van der Waals surface area contributed by atoms with Gasteiger partial charge in [-0.25, -0.2) is 9.97 Å². The average Bonchev–Trinajstić information content (AvgIpc) is 2.94. The lowest BCUT2D eigenvalue weighted by Crippen LogP contribution is -2.26. The predicted octanol–water partition coefficient (Wildman–Crippen LogP) is 1.29. The van der Waals surface area contributed by atoms with Crippen LogP contribution >= 0.6 is 0 Å². The summed E-state index contributed by atoms with van der Waals surface area (Å²) >= 11 is 0. The van der Waals surface area contributed by atoms with E-state index in [2.05, 4.69) is 38.3 Å². The SMILES string of the molecule is Cc1nc2c(n1C(C)Cn1ccnc1)CCNC2. The van der Waals surface area contributed by atoms with Crippen LogP contribution in [0.4, 0.5) is 0 Å². The van der Waals surface area contributed by atoms with Gasteiger partial charge in [-0.3, -0.25) is 0 Å². The molecular weight excluding hydrogens is 226 g/mol. The number of rotatable bonds is 3. The van der Waals surface area contributed by atoms with Crippen LogP contribution in [0, 0.1) is 6.92 Å². The fraction of sp³-hybridized carbons (Fsp3) is 0.538. The van der Waals surface area contributed by atoms with Crippen molar-refractivity contribution in [2.75, 3.05) is 6.54 Å². The molecule has 3 rings (SSSR count). The first-order valence-corrected chi connectivity index (χ1v) is 6.48. The molecule has 0 saturated carbocycles. The Balaban J connectivity index is 1.89. The van der Waals surface area contributed by atoms with Gasteiger partial charge in [-0.15, -0.1) is 0 Å². The van der Waals surface area contributed by atoms with E-state index in [-0.39, 0.29) is 0 Å². The zero-order chi connectivity index (χ0) is 12.5. The molecular formula is C13H19N5. The number of aromatic nitrogens is 4. The Morgan fingerprint density at radius 2 is 2.39 bits per heavy atom. The Kier molecular flexibility index (Phi) is 2.91. The first kappa shape index (κ1) is 11.5. The van der Waals surface area contributed by atoms with Gasteiger partial charge in [-0.05, 0) is 13.8 Å². The number of imidazole rings is 2. The van der Waals surface area contributed by atoms with Gasteiger partial charge in [0, 0.05) is 44.1 Å². The molecule has 2 aromatic heterocycles. The Labute approximate surface area is 107 Å². The number of aryl methyl sites for hydroxylation is 1. The smallest absolute Gasteiger partial charge is 0.106 e. The van der Waals surface area contributed by atoms with Gasteiger partial charge in [0.25, 0.3) is 0 Å². The lowest BCUT2D eigenvalue weighted by molar-refractivity contribution is 0.438. The molecule has 0 aromatic carbocycles. The van der Waals surface area contributed by atoms with E-state index in [0.29, 0.717) is 6.04 Å². The molecule has 0 amide bonds. The minimum absolute atomic E-state index is 0.411. The molecule has 5 nitrogen and oxygen atoms in total. The van der Waals surface area contributed by atoms with Crippen molar-refractivity contribution in [3.8, 4) is 0 Å². The average molecular weight is 245 g/mol. The molecule has 0 radical (unpaired) electrons. The summed E-state index contributed by atoms with van der Waals surface area (Å²) in [4.78, 5) is 8.77. The van der Waals surface area contributed by atoms with Crippen LogP contribution in [0.1, 0.15) is 30.2 Å². The molecule has 0 bridgehead atoms. The standard InChI is InChI=1S/C13H19N5/c1-10(8-17-6-5-15-9-17)18-11(2)16-12-7-14-4-3-13(12)18/h5-6,9-10,14H,3-4,7-8H2,1-2H3. The normalized spacial score (nSPS) is 16.6. The number of nitrogens with one attached hydrogen (secondary N) is 1. The molecule has 0 aliphatic carbocycles. The monoisotopic (exact) mass is 245 g/mol. The van der Waals surface area contributed by atoms with Crippen molar-refractivity contribution >= 4 is 0 Å². The summed E-state index contributed by atoms with van der Waals surface area (Å²) in [6.45, 7) is 7.24. The Morgan fingerprint density at radius 1 is 1.50 bits per heavy atom. The van der Waals surface area contributed by atoms with Crippen LogP contribution in [0.5, 0.6) is 0 Å². The second-order valence-electron chi connectivity index (χ2n) is 4.96. The maximum absolute atomic E-state index is 4.68. The van der Waals surface area contributed by atoms with Crippen molar-refractivity contribution in [2.24, 2.45) is 0 Å². The van der Waals surface area contributed by atoms with Gasteiger partial charge in [-0.2, -0.15) is 0 Å². The highest BCUT2D eigenvalue weighted by molar-refractivity contribution is 5.20. The fourth-order valence-corrected chi connectivity index (χ4v) is 2.83. The largest absolute Gasteiger partial charge is 0.335 e. The number of hydrogen-bond acceptors (Lipinski definition) is 3. The molecule has 96 valence electrons. The first-order valence-electron chi connectivity index (χ1n) is 6.48. The van der Waals surface area contributed by atoms with E-state index in [4.69, 9.17) is 0 Å². The van der Waals surface area contributed by atoms with E-state index in [1.165, 1.54) is 11.4 Å². The molecule has 1 unspecified atom stereocenters. The Morgan fingerprint density at radius 3 is 3.17 bits per heavy atom. The quantitative estimate of drug-likeness (QED) is 0.886. The minimum Gasteiger partial charge on any atom is -0.335 e. The van der Waals surface area contributed by atoms with Crippen LogP contribution < -0.4 is 5.32 Å². The van der Waals surface area contributed by atoms with Crippen LogP contribution in [0.15, 0.2) is 18.7 Å². The number of fused-ring (bicyclic) bond motifs is 1. The van der Waals surface area contributed by atoms with Crippen molar-refractivity contribution in [2.45, 2.75) is 39.4 Å². The van der Waals surface area contributed by atoms with Crippen LogP contribution in [0.3, 0.4) is 0 Å². The van der Waals surface area contributed by atoms with Crippen molar-refractivity contribution in [3.63, 3.8) is 0 Å². The van der Waals surface area contributed by atoms with E-state index >= 15 is 0 Å². The molecule has 0 spiro atoms. The molecule has 3 heterocycles. The predicted molar refractivity (Wildman–Crippen MR) is 69.3 cm³/mol. The summed E-state index contributed by atoms with van der Waals surface area (Å²) in [7, 11) is 0. The molecule has 1 N–H and O–H groups in total. The number of nitrogens with zero attached hydrogens (tertiary/aromatic N) is 4. The van der Waals surface area contributed by atoms with E-state index < -0.39 is 0 Å². The molecule has 2 aromatic rings. The lowest BCUT2D eigenvalue weighted by Gasteiger charge is -2.21. The van der Waals surface area contributed by atoms with Gasteiger partial charge < -0.3 is 14.5 Å². The van der Waals surface area contributed by atoms with Gasteiger partial charge in [-0.1, -0.05) is 0 Å². The maximum atomic E-state index is 4.68. The molecule has 1 aliphatic heterocycles. The summed E-state index contributed by atoms with van der Waals surface area (Å²) in [6, 6.07) is 0.411. The Hall–Kier alpha value is -1.62. The van der Waals surface area contributed by atoms with E-state index in [1.54, 1.807) is 0 Å². The second kappa shape index (κ2) is 4.57. The zero-order valence-electron chi connectivity index (χ0n) is 10.9. The highest BCUT2D eigenvalue weighted by Crippen LogP contribution is 2.21. The topological polar surface area (TPSA) is 47.7 Å². The minimum atomic E-state index is 0.411. The van der Waals surface area contributed by atoms with E-state index in [1.807, 2.05) is 18.7 Å². The van der Waals surface area contributed by atoms with E-state index in [9.17, 15) is 0 Å². The van der Waals surface area contributed by atoms with Crippen molar-refractivity contribution < 1.29 is 0 Å². The summed E-state index contributed by atoms with van der Waals surface area (Å²) < 4.78 is 4.51. The maximum Gasteiger partial charge on any atom is 0.106 e. The van der Waals surface area contributed by atoms with Crippen molar-refractivity contribution in [3.05, 3.63) is 35.9 Å². The van der Waals surface area contributed by atoms with Crippen LogP contribution in [-0.4, -0.2) is 25.6 Å². The van der Waals surface area contributed by atoms with Gasteiger partial charge in [0.1, 0.15) is 5.82 Å². The zero-order valence-corrected chi connectivity index (χ0v) is 10.9. The van der Waals surface area contributed by atoms with Crippen LogP contribution in [-0.2, 0) is 19.5 Å². The molecule has 1 atom stereocenters. The third kappa shape index (κ3) is 1.95. The van der Waals surface area contributed by atoms with Gasteiger partial charge >= 0.3 is 0 Å². The second-order valence-corrected chi connectivity index (χ2v) is 4.96. The van der Waals surface area contributed by atoms with E-state index in [0.717, 1.165) is 31.9 Å². The Bertz CT molecular complexity index is 526. The fourth-order valence-electron chi connectivity index (χ4n) is 2.83. The molecule has 5 heteroatoms. The summed E-state index contributed by atoms with van der Waals surface area (Å²) in [6.07, 6.45) is 6.78. The summed E-state index contributed by atoms with van der Waals surface area (Å²) in [5, 5.41) is 3.37. The summed E-state index contributed by atoms with van der Waals surface area (Å²) in [5.41, 5.74) is 2.62. The summed E-state index contributed by atoms with van der Waals surface area (Å²) in [5.74, 6) is 1.12. The molecule has 18 heavy (non-hydrogen) atoms. The lowest BCUT2D eigenvalue weighted by atomic mass is 10.1. The third-order valence-corrected chi connectivity index (χ3v) is 3.58. The van der Waals surface area contributed by atoms with Gasteiger partial charge in [0.2, 0.25) is 0 Å². The molecule has 1 aliphatic rings. The van der Waals surface area contributed by atoms with Crippen molar-refractivity contribution in [1.82, 2.24) is 24.4 Å². The van der Waals surface area contributed by atoms with Gasteiger partial charge in [0.15, 0.2) is 0 Å². The van der Waals surface area contributed by atoms with Crippen LogP contribution in [0.2, 0.25) is 0 Å². The first-order chi connectivity index (χ1) is 8.75. The molecule has 0 fully saturated rings. The highest BCUT2D eigenvalue weighted by Gasteiger charge is 2.20. The third-order valence-electron chi connectivity index (χ3n) is 3.58.